The van der Waals surface area contributed by atoms with E-state index in [4.69, 9.17) is 4.74 Å². The van der Waals surface area contributed by atoms with Crippen LogP contribution >= 0.6 is 0 Å². The molecule has 0 atom stereocenters. The van der Waals surface area contributed by atoms with E-state index < -0.39 is 83.1 Å². The summed E-state index contributed by atoms with van der Waals surface area (Å²) in [6, 6.07) is 6.77. The fourth-order valence-corrected chi connectivity index (χ4v) is 6.98. The maximum absolute atomic E-state index is 12.4. The molecule has 0 spiro atoms. The van der Waals surface area contributed by atoms with E-state index >= 15 is 0 Å². The summed E-state index contributed by atoms with van der Waals surface area (Å²) in [4.78, 5) is 8.90. The molecular formula is C27H26N6O15S4. The third-order valence-electron chi connectivity index (χ3n) is 6.98. The lowest BCUT2D eigenvalue weighted by atomic mass is 10.1. The minimum Gasteiger partial charge on any atom is -0.505 e. The SMILES string of the molecule is CNN(C(C)=O)c1cc(S(=O)(=O)O)cc2cc(S(=O)(=O)O)c(N=Nc3cc(C)c(N=Nc4cc(S(=O)(=O)O)ccc4S(=O)(=O)O)cc3OC)c(O)c12. The van der Waals surface area contributed by atoms with Gasteiger partial charge in [0.15, 0.2) is 5.75 Å². The van der Waals surface area contributed by atoms with Gasteiger partial charge in [-0.05, 0) is 60.3 Å². The molecular weight excluding hydrogens is 777 g/mol. The monoisotopic (exact) mass is 802 g/mol. The number of ether oxygens (including phenoxy) is 1. The number of rotatable bonds is 11. The van der Waals surface area contributed by atoms with Gasteiger partial charge in [-0.2, -0.15) is 38.8 Å². The molecule has 6 N–H and O–H groups in total. The zero-order valence-corrected chi connectivity index (χ0v) is 30.1. The largest absolute Gasteiger partial charge is 0.505 e. The number of phenolic OH excluding ortho intramolecular Hbond substituents is 1. The molecule has 0 aliphatic heterocycles. The van der Waals surface area contributed by atoms with Crippen LogP contribution in [0.5, 0.6) is 11.5 Å². The van der Waals surface area contributed by atoms with Gasteiger partial charge < -0.3 is 9.84 Å². The minimum absolute atomic E-state index is 0.0443. The quantitative estimate of drug-likeness (QED) is 0.0704. The standard InChI is InChI=1S/C27H26N6O15S4/c1-13-7-19(22(48-4)12-18(13)29-31-20-10-16(49(36,37)38)5-6-23(20)51(42,43)44)30-32-26-24(52(45,46)47)9-15-8-17(50(39,40)41)11-21(25(15)27(26)35)33(28-3)14(2)34/h5-12,28,35H,1-4H3,(H,36,37,38)(H,39,40,41)(H,42,43,44)(H,45,46,47). The highest BCUT2D eigenvalue weighted by Crippen LogP contribution is 2.47. The second kappa shape index (κ2) is 14.2. The number of azo groups is 2. The van der Waals surface area contributed by atoms with E-state index in [0.717, 1.165) is 24.1 Å². The van der Waals surface area contributed by atoms with Crippen LogP contribution in [0, 0.1) is 6.92 Å². The lowest BCUT2D eigenvalue weighted by molar-refractivity contribution is -0.117. The smallest absolute Gasteiger partial charge is 0.296 e. The Labute approximate surface area is 295 Å². The van der Waals surface area contributed by atoms with Gasteiger partial charge >= 0.3 is 0 Å². The topological polar surface area (TPSA) is 329 Å². The molecule has 0 aromatic heterocycles. The Morgan fingerprint density at radius 2 is 1.29 bits per heavy atom. The lowest BCUT2D eigenvalue weighted by Gasteiger charge is -2.23. The Morgan fingerprint density at radius 1 is 0.712 bits per heavy atom. The van der Waals surface area contributed by atoms with Crippen molar-refractivity contribution in [1.29, 1.82) is 0 Å². The number of aromatic hydroxyl groups is 1. The van der Waals surface area contributed by atoms with Crippen molar-refractivity contribution >= 4 is 85.6 Å². The van der Waals surface area contributed by atoms with Crippen LogP contribution in [-0.4, -0.2) is 77.1 Å². The van der Waals surface area contributed by atoms with Crippen molar-refractivity contribution < 1.29 is 66.5 Å². The van der Waals surface area contributed by atoms with Crippen molar-refractivity contribution in [1.82, 2.24) is 5.43 Å². The molecule has 1 amide bonds. The van der Waals surface area contributed by atoms with Gasteiger partial charge in [0.1, 0.15) is 32.6 Å². The van der Waals surface area contributed by atoms with E-state index in [9.17, 15) is 61.8 Å². The fraction of sp³-hybridized carbons (Fsp3) is 0.148. The van der Waals surface area contributed by atoms with Crippen molar-refractivity contribution in [3.63, 3.8) is 0 Å². The molecule has 0 radical (unpaired) electrons. The van der Waals surface area contributed by atoms with Gasteiger partial charge in [-0.1, -0.05) is 0 Å². The Morgan fingerprint density at radius 3 is 1.81 bits per heavy atom. The van der Waals surface area contributed by atoms with E-state index in [1.54, 1.807) is 0 Å². The number of methoxy groups -OCH3 is 1. The number of benzene rings is 4. The Hall–Kier alpha value is -4.99. The zero-order chi connectivity index (χ0) is 39.1. The first-order chi connectivity index (χ1) is 23.9. The number of hydrazine groups is 1. The summed E-state index contributed by atoms with van der Waals surface area (Å²) >= 11 is 0. The Kier molecular flexibility index (Phi) is 10.9. The van der Waals surface area contributed by atoms with Gasteiger partial charge in [-0.3, -0.25) is 23.0 Å². The summed E-state index contributed by atoms with van der Waals surface area (Å²) in [5, 5.41) is 26.7. The second-order valence-corrected chi connectivity index (χ2v) is 16.1. The number of amides is 1. The molecule has 4 aromatic rings. The van der Waals surface area contributed by atoms with E-state index in [1.165, 1.54) is 33.2 Å². The predicted molar refractivity (Wildman–Crippen MR) is 180 cm³/mol. The Balaban J connectivity index is 1.93. The van der Waals surface area contributed by atoms with E-state index in [1.807, 2.05) is 0 Å². The normalized spacial score (nSPS) is 12.9. The fourth-order valence-electron chi connectivity index (χ4n) is 4.68. The lowest BCUT2D eigenvalue weighted by Crippen LogP contribution is -2.39. The number of nitrogens with zero attached hydrogens (tertiary/aromatic N) is 5. The number of hydrogen-bond acceptors (Lipinski definition) is 16. The first-order valence-electron chi connectivity index (χ1n) is 13.8. The molecule has 21 nitrogen and oxygen atoms in total. The van der Waals surface area contributed by atoms with Gasteiger partial charge in [0, 0.05) is 20.0 Å². The zero-order valence-electron chi connectivity index (χ0n) is 26.8. The van der Waals surface area contributed by atoms with Crippen LogP contribution < -0.4 is 15.2 Å². The van der Waals surface area contributed by atoms with Crippen molar-refractivity contribution in [3.05, 3.63) is 54.1 Å². The average molecular weight is 803 g/mol. The van der Waals surface area contributed by atoms with Crippen LogP contribution in [-0.2, 0) is 45.3 Å². The summed E-state index contributed by atoms with van der Waals surface area (Å²) in [5.41, 5.74) is 0.546. The van der Waals surface area contributed by atoms with Crippen LogP contribution in [0.15, 0.2) is 88.6 Å². The molecule has 0 heterocycles. The molecule has 0 fully saturated rings. The highest BCUT2D eigenvalue weighted by molar-refractivity contribution is 7.86. The number of aryl methyl sites for hydroxylation is 1. The van der Waals surface area contributed by atoms with Gasteiger partial charge in [0.05, 0.1) is 33.7 Å². The predicted octanol–water partition coefficient (Wildman–Crippen LogP) is 4.17. The first kappa shape index (κ1) is 39.8. The number of phenols is 1. The maximum Gasteiger partial charge on any atom is 0.296 e. The van der Waals surface area contributed by atoms with E-state index in [2.05, 4.69) is 25.9 Å². The highest BCUT2D eigenvalue weighted by Gasteiger charge is 2.28. The molecule has 4 aromatic carbocycles. The molecule has 25 heteroatoms. The summed E-state index contributed by atoms with van der Waals surface area (Å²) in [6.07, 6.45) is 0. The van der Waals surface area contributed by atoms with Crippen molar-refractivity contribution in [3.8, 4) is 11.5 Å². The van der Waals surface area contributed by atoms with Crippen LogP contribution in [0.1, 0.15) is 12.5 Å². The molecule has 0 bridgehead atoms. The number of carbonyl (C=O) groups is 1. The van der Waals surface area contributed by atoms with Crippen molar-refractivity contribution in [2.75, 3.05) is 19.2 Å². The molecule has 52 heavy (non-hydrogen) atoms. The van der Waals surface area contributed by atoms with Gasteiger partial charge in [-0.15, -0.1) is 15.3 Å². The van der Waals surface area contributed by atoms with Crippen molar-refractivity contribution in [2.45, 2.75) is 33.4 Å². The van der Waals surface area contributed by atoms with Gasteiger partial charge in [0.2, 0.25) is 5.91 Å². The average Bonchev–Trinajstić information content (AvgIpc) is 3.01. The molecule has 0 saturated heterocycles. The summed E-state index contributed by atoms with van der Waals surface area (Å²) in [6.45, 7) is 2.50. The van der Waals surface area contributed by atoms with Crippen molar-refractivity contribution in [2.24, 2.45) is 20.5 Å². The maximum atomic E-state index is 12.4. The second-order valence-electron chi connectivity index (χ2n) is 10.4. The van der Waals surface area contributed by atoms with Crippen LogP contribution in [0.2, 0.25) is 0 Å². The first-order valence-corrected chi connectivity index (χ1v) is 19.5. The number of carbonyl (C=O) groups excluding carboxylic acids is 1. The van der Waals surface area contributed by atoms with E-state index in [-0.39, 0.29) is 39.1 Å². The summed E-state index contributed by atoms with van der Waals surface area (Å²) in [5.74, 6) is -1.89. The molecule has 0 unspecified atom stereocenters. The molecule has 278 valence electrons. The number of anilines is 1. The molecule has 0 aliphatic rings. The van der Waals surface area contributed by atoms with Crippen LogP contribution in [0.4, 0.5) is 28.4 Å². The minimum atomic E-state index is -5.24. The number of nitrogens with one attached hydrogen (secondary N) is 1. The van der Waals surface area contributed by atoms with E-state index in [0.29, 0.717) is 24.3 Å². The van der Waals surface area contributed by atoms with Gasteiger partial charge in [-0.25, -0.2) is 10.4 Å². The summed E-state index contributed by atoms with van der Waals surface area (Å²) < 4.78 is 140. The van der Waals surface area contributed by atoms with Gasteiger partial charge in [0.25, 0.3) is 40.5 Å². The molecule has 4 rings (SSSR count). The third-order valence-corrected chi connectivity index (χ3v) is 10.4. The third kappa shape index (κ3) is 8.38. The van der Waals surface area contributed by atoms with Crippen LogP contribution in [0.25, 0.3) is 10.8 Å². The molecule has 0 aliphatic carbocycles. The number of fused-ring (bicyclic) bond motifs is 1. The highest BCUT2D eigenvalue weighted by atomic mass is 32.2. The molecule has 0 saturated carbocycles. The Bertz CT molecular complexity index is 2660. The van der Waals surface area contributed by atoms with Crippen LogP contribution in [0.3, 0.4) is 0 Å². The summed E-state index contributed by atoms with van der Waals surface area (Å²) in [7, 11) is -17.5. The number of hydrogen-bond donors (Lipinski definition) is 6.